The molecule has 0 saturated heterocycles. The molecular weight excluding hydrogens is 396 g/mol. The highest BCUT2D eigenvalue weighted by Crippen LogP contribution is 2.29. The number of hydrogen-bond acceptors (Lipinski definition) is 7. The lowest BCUT2D eigenvalue weighted by Gasteiger charge is -2.16. The van der Waals surface area contributed by atoms with Crippen molar-refractivity contribution in [3.8, 4) is 17.2 Å². The van der Waals surface area contributed by atoms with Gasteiger partial charge in [0.05, 0.1) is 7.11 Å². The number of sulfonamides is 1. The van der Waals surface area contributed by atoms with Gasteiger partial charge >= 0.3 is 0 Å². The van der Waals surface area contributed by atoms with Gasteiger partial charge in [0.2, 0.25) is 10.0 Å². The molecule has 1 amide bonds. The van der Waals surface area contributed by atoms with Gasteiger partial charge in [0.15, 0.2) is 5.82 Å². The van der Waals surface area contributed by atoms with Gasteiger partial charge in [-0.05, 0) is 49.4 Å². The van der Waals surface area contributed by atoms with Crippen molar-refractivity contribution in [1.82, 2.24) is 14.4 Å². The van der Waals surface area contributed by atoms with Crippen LogP contribution in [0.25, 0.3) is 11.5 Å². The SMILES string of the molecule is COc1ccc(NC(=O)c2ccc(-c3nc(C)no3)cc2)cc1S(=O)(=O)N(C)C. The van der Waals surface area contributed by atoms with Crippen LogP contribution >= 0.6 is 0 Å². The minimum Gasteiger partial charge on any atom is -0.495 e. The Balaban J connectivity index is 1.83. The number of anilines is 1. The number of hydrogen-bond donors (Lipinski definition) is 1. The molecule has 0 aliphatic carbocycles. The van der Waals surface area contributed by atoms with Crippen molar-refractivity contribution in [3.05, 3.63) is 53.9 Å². The fourth-order valence-corrected chi connectivity index (χ4v) is 3.61. The number of methoxy groups -OCH3 is 1. The molecule has 9 nitrogen and oxygen atoms in total. The number of nitrogens with zero attached hydrogens (tertiary/aromatic N) is 3. The number of benzene rings is 2. The van der Waals surface area contributed by atoms with E-state index in [9.17, 15) is 13.2 Å². The first-order chi connectivity index (χ1) is 13.7. The maximum atomic E-state index is 12.6. The summed E-state index contributed by atoms with van der Waals surface area (Å²) >= 11 is 0. The van der Waals surface area contributed by atoms with E-state index in [1.807, 2.05) is 0 Å². The summed E-state index contributed by atoms with van der Waals surface area (Å²) in [5, 5.41) is 6.43. The van der Waals surface area contributed by atoms with Crippen molar-refractivity contribution >= 4 is 21.6 Å². The van der Waals surface area contributed by atoms with Gasteiger partial charge in [-0.1, -0.05) is 5.16 Å². The molecule has 3 rings (SSSR count). The van der Waals surface area contributed by atoms with E-state index in [0.717, 1.165) is 4.31 Å². The first-order valence-corrected chi connectivity index (χ1v) is 9.99. The molecular formula is C19H20N4O5S. The topological polar surface area (TPSA) is 115 Å². The van der Waals surface area contributed by atoms with Crippen LogP contribution in [0.15, 0.2) is 51.9 Å². The van der Waals surface area contributed by atoms with Crippen LogP contribution in [0.5, 0.6) is 5.75 Å². The molecule has 152 valence electrons. The molecule has 0 bridgehead atoms. The second-order valence-electron chi connectivity index (χ2n) is 6.33. The lowest BCUT2D eigenvalue weighted by atomic mass is 10.1. The largest absolute Gasteiger partial charge is 0.495 e. The second kappa shape index (κ2) is 8.02. The van der Waals surface area contributed by atoms with Crippen LogP contribution in [0.4, 0.5) is 5.69 Å². The molecule has 1 aromatic heterocycles. The summed E-state index contributed by atoms with van der Waals surface area (Å²) in [6.45, 7) is 1.72. The predicted molar refractivity (Wildman–Crippen MR) is 106 cm³/mol. The van der Waals surface area contributed by atoms with E-state index >= 15 is 0 Å². The number of amides is 1. The van der Waals surface area contributed by atoms with Crippen molar-refractivity contribution < 1.29 is 22.5 Å². The van der Waals surface area contributed by atoms with E-state index in [2.05, 4.69) is 15.5 Å². The van der Waals surface area contributed by atoms with Crippen LogP contribution in [0.3, 0.4) is 0 Å². The van der Waals surface area contributed by atoms with Crippen LogP contribution in [0, 0.1) is 6.92 Å². The van der Waals surface area contributed by atoms with Crippen LogP contribution in [-0.4, -0.2) is 50.0 Å². The van der Waals surface area contributed by atoms with Crippen LogP contribution in [0.1, 0.15) is 16.2 Å². The number of ether oxygens (including phenoxy) is 1. The predicted octanol–water partition coefficient (Wildman–Crippen LogP) is 2.56. The summed E-state index contributed by atoms with van der Waals surface area (Å²) in [7, 11) is 0.487. The quantitative estimate of drug-likeness (QED) is 0.657. The van der Waals surface area contributed by atoms with Gasteiger partial charge in [0.25, 0.3) is 11.8 Å². The van der Waals surface area contributed by atoms with Crippen LogP contribution in [0.2, 0.25) is 0 Å². The molecule has 0 unspecified atom stereocenters. The van der Waals surface area contributed by atoms with Gasteiger partial charge in [0, 0.05) is 30.9 Å². The summed E-state index contributed by atoms with van der Waals surface area (Å²) < 4.78 is 36.3. The molecule has 3 aromatic rings. The first kappa shape index (κ1) is 20.5. The zero-order valence-corrected chi connectivity index (χ0v) is 17.1. The third-order valence-corrected chi connectivity index (χ3v) is 5.94. The first-order valence-electron chi connectivity index (χ1n) is 8.55. The lowest BCUT2D eigenvalue weighted by Crippen LogP contribution is -2.23. The van der Waals surface area contributed by atoms with Crippen molar-refractivity contribution in [2.24, 2.45) is 0 Å². The molecule has 10 heteroatoms. The highest BCUT2D eigenvalue weighted by Gasteiger charge is 2.23. The van der Waals surface area contributed by atoms with E-state index in [0.29, 0.717) is 28.5 Å². The standard InChI is InChI=1S/C19H20N4O5S/c1-12-20-19(28-22-12)14-7-5-13(6-8-14)18(24)21-15-9-10-16(27-4)17(11-15)29(25,26)23(2)3/h5-11H,1-4H3,(H,21,24). The van der Waals surface area contributed by atoms with E-state index in [1.54, 1.807) is 37.3 Å². The molecule has 0 fully saturated rings. The number of carbonyl (C=O) groups excluding carboxylic acids is 1. The smallest absolute Gasteiger partial charge is 0.257 e. The van der Waals surface area contributed by atoms with Crippen molar-refractivity contribution in [2.75, 3.05) is 26.5 Å². The Labute approximate surface area is 168 Å². The summed E-state index contributed by atoms with van der Waals surface area (Å²) in [6.07, 6.45) is 0. The van der Waals surface area contributed by atoms with Gasteiger partial charge in [-0.15, -0.1) is 0 Å². The van der Waals surface area contributed by atoms with Crippen LogP contribution < -0.4 is 10.1 Å². The molecule has 0 aliphatic rings. The zero-order chi connectivity index (χ0) is 21.2. The Morgan fingerprint density at radius 1 is 1.14 bits per heavy atom. The molecule has 0 radical (unpaired) electrons. The Bertz CT molecular complexity index is 1140. The highest BCUT2D eigenvalue weighted by molar-refractivity contribution is 7.89. The molecule has 1 N–H and O–H groups in total. The van der Waals surface area contributed by atoms with E-state index in [4.69, 9.17) is 9.26 Å². The minimum atomic E-state index is -3.74. The second-order valence-corrected chi connectivity index (χ2v) is 8.45. The zero-order valence-electron chi connectivity index (χ0n) is 16.3. The number of aromatic nitrogens is 2. The van der Waals surface area contributed by atoms with Gasteiger partial charge in [-0.2, -0.15) is 4.98 Å². The Morgan fingerprint density at radius 2 is 1.83 bits per heavy atom. The van der Waals surface area contributed by atoms with Crippen molar-refractivity contribution in [1.29, 1.82) is 0 Å². The summed E-state index contributed by atoms with van der Waals surface area (Å²) in [6, 6.07) is 11.0. The molecule has 0 saturated carbocycles. The molecule has 29 heavy (non-hydrogen) atoms. The van der Waals surface area contributed by atoms with Gasteiger partial charge < -0.3 is 14.6 Å². The molecule has 0 aliphatic heterocycles. The van der Waals surface area contributed by atoms with Gasteiger partial charge in [0.1, 0.15) is 10.6 Å². The third kappa shape index (κ3) is 4.28. The molecule has 1 heterocycles. The average Bonchev–Trinajstić information content (AvgIpc) is 3.14. The fourth-order valence-electron chi connectivity index (χ4n) is 2.53. The van der Waals surface area contributed by atoms with E-state index < -0.39 is 15.9 Å². The Kier molecular flexibility index (Phi) is 5.66. The fraction of sp³-hybridized carbons (Fsp3) is 0.211. The molecule has 0 spiro atoms. The Hall–Kier alpha value is -3.24. The summed E-state index contributed by atoms with van der Waals surface area (Å²) in [5.74, 6) is 0.681. The van der Waals surface area contributed by atoms with Crippen molar-refractivity contribution in [3.63, 3.8) is 0 Å². The number of nitrogens with one attached hydrogen (secondary N) is 1. The Morgan fingerprint density at radius 3 is 2.38 bits per heavy atom. The number of carbonyl (C=O) groups is 1. The summed E-state index contributed by atoms with van der Waals surface area (Å²) in [5.41, 5.74) is 1.40. The number of aryl methyl sites for hydroxylation is 1. The van der Waals surface area contributed by atoms with E-state index in [1.165, 1.54) is 33.3 Å². The highest BCUT2D eigenvalue weighted by atomic mass is 32.2. The van der Waals surface area contributed by atoms with Crippen molar-refractivity contribution in [2.45, 2.75) is 11.8 Å². The minimum absolute atomic E-state index is 0.0371. The van der Waals surface area contributed by atoms with Gasteiger partial charge in [-0.3, -0.25) is 4.79 Å². The maximum absolute atomic E-state index is 12.6. The molecule has 0 atom stereocenters. The van der Waals surface area contributed by atoms with E-state index in [-0.39, 0.29) is 10.6 Å². The van der Waals surface area contributed by atoms with Gasteiger partial charge in [-0.25, -0.2) is 12.7 Å². The van der Waals surface area contributed by atoms with Crippen LogP contribution in [-0.2, 0) is 10.0 Å². The molecule has 2 aromatic carbocycles. The monoisotopic (exact) mass is 416 g/mol. The summed E-state index contributed by atoms with van der Waals surface area (Å²) in [4.78, 5) is 16.7. The normalized spacial score (nSPS) is 11.5. The lowest BCUT2D eigenvalue weighted by molar-refractivity contribution is 0.102. The third-order valence-electron chi connectivity index (χ3n) is 4.10. The number of rotatable bonds is 6. The average molecular weight is 416 g/mol. The maximum Gasteiger partial charge on any atom is 0.257 e.